The van der Waals surface area contributed by atoms with Crippen LogP contribution in [-0.4, -0.2) is 0 Å². The van der Waals surface area contributed by atoms with Crippen LogP contribution in [0.15, 0.2) is 173 Å². The van der Waals surface area contributed by atoms with Crippen molar-refractivity contribution in [3.05, 3.63) is 175 Å². The average Bonchev–Trinajstić information content (AvgIpc) is 3.82. The van der Waals surface area contributed by atoms with Crippen molar-refractivity contribution >= 4 is 71.7 Å². The highest BCUT2D eigenvalue weighted by molar-refractivity contribution is 6.22. The van der Waals surface area contributed by atoms with Gasteiger partial charge in [0.2, 0.25) is 0 Å². The maximum absolute atomic E-state index is 7.01. The molecule has 0 spiro atoms. The molecule has 3 heteroatoms. The van der Waals surface area contributed by atoms with Crippen molar-refractivity contribution in [2.24, 2.45) is 0 Å². The molecule has 0 saturated carbocycles. The minimum atomic E-state index is -0.103. The van der Waals surface area contributed by atoms with E-state index in [0.29, 0.717) is 0 Å². The fourth-order valence-corrected chi connectivity index (χ4v) is 8.77. The average molecular weight is 668 g/mol. The van der Waals surface area contributed by atoms with Gasteiger partial charge >= 0.3 is 0 Å². The Bertz CT molecular complexity index is 3050. The van der Waals surface area contributed by atoms with Crippen LogP contribution >= 0.6 is 0 Å². The zero-order valence-electron chi connectivity index (χ0n) is 28.9. The van der Waals surface area contributed by atoms with Gasteiger partial charge in [-0.05, 0) is 81.6 Å². The molecule has 0 bridgehead atoms. The molecule has 1 aliphatic rings. The molecule has 1 aliphatic carbocycles. The van der Waals surface area contributed by atoms with E-state index in [2.05, 4.69) is 170 Å². The van der Waals surface area contributed by atoms with Crippen LogP contribution in [0.2, 0.25) is 0 Å². The maximum Gasteiger partial charge on any atom is 0.144 e. The van der Waals surface area contributed by atoms with Crippen LogP contribution in [0.1, 0.15) is 25.0 Å². The summed E-state index contributed by atoms with van der Waals surface area (Å²) in [4.78, 5) is 2.35. The van der Waals surface area contributed by atoms with Crippen LogP contribution in [0.4, 0.5) is 17.1 Å². The van der Waals surface area contributed by atoms with E-state index in [4.69, 9.17) is 8.83 Å². The van der Waals surface area contributed by atoms with Crippen molar-refractivity contribution in [2.75, 3.05) is 4.90 Å². The molecule has 0 amide bonds. The molecule has 0 fully saturated rings. The standard InChI is InChI=1S/C49H33NO2/c1-49(2)42-21-10-8-17-35(42)36-25-23-32(28-43(36)49)50(31-14-4-3-5-15-31)33-24-26-38-41-27-30-13-6-7-16-34(30)46(48(41)52-45(38)29-33)40-20-12-19-39-37-18-9-11-22-44(37)51-47(39)40/h3-29H,1-2H3. The molecule has 0 radical (unpaired) electrons. The Balaban J connectivity index is 1.14. The number of hydrogen-bond acceptors (Lipinski definition) is 3. The van der Waals surface area contributed by atoms with E-state index in [1.807, 2.05) is 12.1 Å². The predicted molar refractivity (Wildman–Crippen MR) is 216 cm³/mol. The number of rotatable bonds is 4. The molecule has 10 aromatic rings. The normalized spacial score (nSPS) is 13.3. The van der Waals surface area contributed by atoms with Crippen molar-refractivity contribution in [3.8, 4) is 22.3 Å². The summed E-state index contributed by atoms with van der Waals surface area (Å²) in [7, 11) is 0. The number of anilines is 3. The van der Waals surface area contributed by atoms with Crippen LogP contribution in [0.3, 0.4) is 0 Å². The summed E-state index contributed by atoms with van der Waals surface area (Å²) >= 11 is 0. The largest absolute Gasteiger partial charge is 0.455 e. The van der Waals surface area contributed by atoms with Crippen molar-refractivity contribution in [1.82, 2.24) is 0 Å². The second kappa shape index (κ2) is 10.7. The number of furan rings is 2. The van der Waals surface area contributed by atoms with Gasteiger partial charge in [0.05, 0.1) is 0 Å². The molecular formula is C49H33NO2. The van der Waals surface area contributed by atoms with Crippen molar-refractivity contribution in [1.29, 1.82) is 0 Å². The summed E-state index contributed by atoms with van der Waals surface area (Å²) in [5, 5.41) is 6.69. The third-order valence-electron chi connectivity index (χ3n) is 11.2. The number of hydrogen-bond donors (Lipinski definition) is 0. The second-order valence-electron chi connectivity index (χ2n) is 14.5. The topological polar surface area (TPSA) is 29.5 Å². The van der Waals surface area contributed by atoms with Gasteiger partial charge in [0.15, 0.2) is 0 Å². The first-order valence-electron chi connectivity index (χ1n) is 17.9. The first-order chi connectivity index (χ1) is 25.5. The molecule has 2 heterocycles. The lowest BCUT2D eigenvalue weighted by Crippen LogP contribution is -2.16. The number of nitrogens with zero attached hydrogens (tertiary/aromatic N) is 1. The van der Waals surface area contributed by atoms with Gasteiger partial charge in [-0.25, -0.2) is 0 Å². The molecule has 0 atom stereocenters. The molecule has 11 rings (SSSR count). The fraction of sp³-hybridized carbons (Fsp3) is 0.0612. The third-order valence-corrected chi connectivity index (χ3v) is 11.2. The second-order valence-corrected chi connectivity index (χ2v) is 14.5. The van der Waals surface area contributed by atoms with E-state index >= 15 is 0 Å². The first-order valence-corrected chi connectivity index (χ1v) is 17.9. The minimum absolute atomic E-state index is 0.103. The SMILES string of the molecule is CC1(C)c2ccccc2-c2ccc(N(c3ccccc3)c3ccc4c(c3)oc3c(-c5cccc6c5oc5ccccc56)c5ccccc5cc34)cc21. The maximum atomic E-state index is 7.01. The van der Waals surface area contributed by atoms with Crippen LogP contribution in [0.5, 0.6) is 0 Å². The molecular weight excluding hydrogens is 635 g/mol. The Kier molecular flexibility index (Phi) is 6.01. The molecule has 3 nitrogen and oxygen atoms in total. The summed E-state index contributed by atoms with van der Waals surface area (Å²) in [5.74, 6) is 0. The highest BCUT2D eigenvalue weighted by atomic mass is 16.3. The van der Waals surface area contributed by atoms with Crippen LogP contribution < -0.4 is 4.90 Å². The molecule has 246 valence electrons. The van der Waals surface area contributed by atoms with E-state index in [1.165, 1.54) is 22.3 Å². The summed E-state index contributed by atoms with van der Waals surface area (Å²) in [6, 6.07) is 58.6. The van der Waals surface area contributed by atoms with Gasteiger partial charge in [-0.2, -0.15) is 0 Å². The zero-order chi connectivity index (χ0) is 34.6. The van der Waals surface area contributed by atoms with Gasteiger partial charge in [0, 0.05) is 61.2 Å². The van der Waals surface area contributed by atoms with Gasteiger partial charge < -0.3 is 13.7 Å². The number of fused-ring (bicyclic) bond motifs is 10. The van der Waals surface area contributed by atoms with Crippen molar-refractivity contribution < 1.29 is 8.83 Å². The number of benzene rings is 8. The highest BCUT2D eigenvalue weighted by Crippen LogP contribution is 2.51. The van der Waals surface area contributed by atoms with Gasteiger partial charge in [-0.3, -0.25) is 0 Å². The molecule has 0 saturated heterocycles. The Hall–Kier alpha value is -6.58. The lowest BCUT2D eigenvalue weighted by atomic mass is 9.82. The third kappa shape index (κ3) is 4.08. The fourth-order valence-electron chi connectivity index (χ4n) is 8.77. The number of para-hydroxylation sites is 3. The van der Waals surface area contributed by atoms with Crippen molar-refractivity contribution in [2.45, 2.75) is 19.3 Å². The van der Waals surface area contributed by atoms with Gasteiger partial charge in [0.25, 0.3) is 0 Å². The highest BCUT2D eigenvalue weighted by Gasteiger charge is 2.35. The molecule has 0 N–H and O–H groups in total. The Morgan fingerprint density at radius 2 is 1.06 bits per heavy atom. The van der Waals surface area contributed by atoms with E-state index < -0.39 is 0 Å². The van der Waals surface area contributed by atoms with E-state index in [9.17, 15) is 0 Å². The first kappa shape index (κ1) is 29.2. The van der Waals surface area contributed by atoms with E-state index in [-0.39, 0.29) is 5.41 Å². The summed E-state index contributed by atoms with van der Waals surface area (Å²) in [5.41, 5.74) is 14.0. The Labute approximate surface area is 301 Å². The van der Waals surface area contributed by atoms with E-state index in [1.54, 1.807) is 0 Å². The monoisotopic (exact) mass is 667 g/mol. The van der Waals surface area contributed by atoms with Gasteiger partial charge in [-0.15, -0.1) is 0 Å². The Morgan fingerprint density at radius 1 is 0.404 bits per heavy atom. The summed E-state index contributed by atoms with van der Waals surface area (Å²) in [6.45, 7) is 4.67. The quantitative estimate of drug-likeness (QED) is 0.187. The molecule has 2 aromatic heterocycles. The van der Waals surface area contributed by atoms with Gasteiger partial charge in [0.1, 0.15) is 22.3 Å². The van der Waals surface area contributed by atoms with Gasteiger partial charge in [-0.1, -0.05) is 123 Å². The molecule has 0 aliphatic heterocycles. The summed E-state index contributed by atoms with van der Waals surface area (Å²) in [6.07, 6.45) is 0. The van der Waals surface area contributed by atoms with Crippen LogP contribution in [0, 0.1) is 0 Å². The zero-order valence-corrected chi connectivity index (χ0v) is 28.9. The molecule has 8 aromatic carbocycles. The minimum Gasteiger partial charge on any atom is -0.455 e. The smallest absolute Gasteiger partial charge is 0.144 e. The predicted octanol–water partition coefficient (Wildman–Crippen LogP) is 14.1. The lowest BCUT2D eigenvalue weighted by molar-refractivity contribution is 0.660. The van der Waals surface area contributed by atoms with Crippen molar-refractivity contribution in [3.63, 3.8) is 0 Å². The summed E-state index contributed by atoms with van der Waals surface area (Å²) < 4.78 is 13.6. The van der Waals surface area contributed by atoms with E-state index in [0.717, 1.165) is 82.8 Å². The molecule has 52 heavy (non-hydrogen) atoms. The lowest BCUT2D eigenvalue weighted by Gasteiger charge is -2.28. The van der Waals surface area contributed by atoms with Crippen LogP contribution in [0.25, 0.3) is 76.9 Å². The molecule has 0 unspecified atom stereocenters. The Morgan fingerprint density at radius 3 is 1.96 bits per heavy atom. The van der Waals surface area contributed by atoms with Crippen LogP contribution in [-0.2, 0) is 5.41 Å².